The van der Waals surface area contributed by atoms with E-state index in [4.69, 9.17) is 4.74 Å². The summed E-state index contributed by atoms with van der Waals surface area (Å²) >= 11 is 0. The van der Waals surface area contributed by atoms with Crippen molar-refractivity contribution in [1.82, 2.24) is 0 Å². The van der Waals surface area contributed by atoms with E-state index < -0.39 is 24.6 Å². The maximum atomic E-state index is 11.7. The molecule has 2 aromatic rings. The lowest BCUT2D eigenvalue weighted by Crippen LogP contribution is -2.33. The van der Waals surface area contributed by atoms with Crippen molar-refractivity contribution < 1.29 is 19.7 Å². The third-order valence-corrected chi connectivity index (χ3v) is 4.08. The van der Waals surface area contributed by atoms with Crippen molar-refractivity contribution in [1.29, 1.82) is 0 Å². The molecule has 0 aliphatic heterocycles. The Kier molecular flexibility index (Phi) is 6.56. The summed E-state index contributed by atoms with van der Waals surface area (Å²) in [4.78, 5) is 11.7. The van der Waals surface area contributed by atoms with Crippen LogP contribution in [0.25, 0.3) is 10.8 Å². The number of hydrogen-bond donors (Lipinski definition) is 2. The summed E-state index contributed by atoms with van der Waals surface area (Å²) in [5.74, 6) is -1.39. The predicted molar refractivity (Wildman–Crippen MR) is 90.1 cm³/mol. The summed E-state index contributed by atoms with van der Waals surface area (Å²) in [6.07, 6.45) is 1.13. The summed E-state index contributed by atoms with van der Waals surface area (Å²) in [5.41, 5.74) is 1.23. The summed E-state index contributed by atoms with van der Waals surface area (Å²) in [7, 11) is 0. The zero-order chi connectivity index (χ0) is 16.7. The highest BCUT2D eigenvalue weighted by molar-refractivity contribution is 5.85. The van der Waals surface area contributed by atoms with Crippen molar-refractivity contribution in [2.45, 2.75) is 32.3 Å². The van der Waals surface area contributed by atoms with E-state index in [2.05, 4.69) is 24.3 Å². The molecule has 0 saturated carbocycles. The van der Waals surface area contributed by atoms with Gasteiger partial charge in [-0.25, -0.2) is 0 Å². The largest absolute Gasteiger partial charge is 0.466 e. The third-order valence-electron chi connectivity index (χ3n) is 4.08. The molecule has 0 aliphatic carbocycles. The molecule has 0 amide bonds. The average molecular weight is 316 g/mol. The highest BCUT2D eigenvalue weighted by Crippen LogP contribution is 2.21. The number of aliphatic hydroxyl groups excluding tert-OH is 2. The number of aliphatic hydroxyl groups is 2. The van der Waals surface area contributed by atoms with Crippen molar-refractivity contribution in [3.8, 4) is 0 Å². The van der Waals surface area contributed by atoms with Crippen molar-refractivity contribution in [3.63, 3.8) is 0 Å². The lowest BCUT2D eigenvalue weighted by Gasteiger charge is -2.19. The molecule has 0 aliphatic rings. The van der Waals surface area contributed by atoms with E-state index in [0.29, 0.717) is 6.42 Å². The highest BCUT2D eigenvalue weighted by Gasteiger charge is 2.26. The summed E-state index contributed by atoms with van der Waals surface area (Å²) in [5, 5.41) is 21.8. The Labute approximate surface area is 136 Å². The first-order valence-electron chi connectivity index (χ1n) is 8.09. The molecule has 0 heterocycles. The van der Waals surface area contributed by atoms with Gasteiger partial charge in [0.05, 0.1) is 19.3 Å². The van der Waals surface area contributed by atoms with Gasteiger partial charge in [0.25, 0.3) is 0 Å². The molecule has 2 rings (SSSR count). The minimum atomic E-state index is -0.881. The standard InChI is InChI=1S/C19H24O4/c1-2-23-19(22)17(13-20)18(21)12-6-10-15-9-5-8-14-7-3-4-11-16(14)15/h3-5,7-9,11,17-18,20-21H,2,6,10,12-13H2,1H3/t17-,18-/m0/s1. The molecule has 0 saturated heterocycles. The van der Waals surface area contributed by atoms with Crippen LogP contribution in [0, 0.1) is 5.92 Å². The van der Waals surface area contributed by atoms with E-state index in [1.165, 1.54) is 16.3 Å². The van der Waals surface area contributed by atoms with Gasteiger partial charge in [0.2, 0.25) is 0 Å². The second-order valence-electron chi connectivity index (χ2n) is 5.64. The number of ether oxygens (including phenoxy) is 1. The summed E-state index contributed by atoms with van der Waals surface area (Å²) in [6.45, 7) is 1.56. The molecule has 23 heavy (non-hydrogen) atoms. The molecule has 2 N–H and O–H groups in total. The number of esters is 1. The third kappa shape index (κ3) is 4.53. The zero-order valence-corrected chi connectivity index (χ0v) is 13.4. The van der Waals surface area contributed by atoms with Crippen LogP contribution in [-0.4, -0.2) is 35.5 Å². The van der Waals surface area contributed by atoms with E-state index in [1.807, 2.05) is 18.2 Å². The summed E-state index contributed by atoms with van der Waals surface area (Å²) in [6, 6.07) is 14.4. The van der Waals surface area contributed by atoms with Crippen LogP contribution in [0.2, 0.25) is 0 Å². The fourth-order valence-electron chi connectivity index (χ4n) is 2.82. The molecule has 0 radical (unpaired) electrons. The van der Waals surface area contributed by atoms with Crippen LogP contribution in [0.15, 0.2) is 42.5 Å². The number of carbonyl (C=O) groups is 1. The number of aryl methyl sites for hydroxylation is 1. The second kappa shape index (κ2) is 8.65. The second-order valence-corrected chi connectivity index (χ2v) is 5.64. The van der Waals surface area contributed by atoms with Crippen molar-refractivity contribution >= 4 is 16.7 Å². The van der Waals surface area contributed by atoms with Crippen LogP contribution >= 0.6 is 0 Å². The first-order chi connectivity index (χ1) is 11.2. The molecular formula is C19H24O4. The van der Waals surface area contributed by atoms with Crippen LogP contribution in [0.5, 0.6) is 0 Å². The van der Waals surface area contributed by atoms with Gasteiger partial charge in [-0.1, -0.05) is 42.5 Å². The molecule has 2 atom stereocenters. The first kappa shape index (κ1) is 17.4. The minimum Gasteiger partial charge on any atom is -0.466 e. The van der Waals surface area contributed by atoms with Crippen LogP contribution in [0.4, 0.5) is 0 Å². The Balaban J connectivity index is 1.94. The molecule has 4 nitrogen and oxygen atoms in total. The van der Waals surface area contributed by atoms with Gasteiger partial charge < -0.3 is 14.9 Å². The number of benzene rings is 2. The normalized spacial score (nSPS) is 13.7. The molecule has 0 unspecified atom stereocenters. The van der Waals surface area contributed by atoms with Gasteiger partial charge >= 0.3 is 5.97 Å². The van der Waals surface area contributed by atoms with Crippen LogP contribution in [0.1, 0.15) is 25.3 Å². The van der Waals surface area contributed by atoms with E-state index in [-0.39, 0.29) is 6.61 Å². The number of hydrogen-bond acceptors (Lipinski definition) is 4. The molecule has 4 heteroatoms. The smallest absolute Gasteiger partial charge is 0.313 e. The fraction of sp³-hybridized carbons (Fsp3) is 0.421. The van der Waals surface area contributed by atoms with Gasteiger partial charge in [-0.15, -0.1) is 0 Å². The number of fused-ring (bicyclic) bond motifs is 1. The predicted octanol–water partition coefficient (Wildman–Crippen LogP) is 2.70. The Hall–Kier alpha value is -1.91. The Bertz CT molecular complexity index is 633. The molecule has 0 bridgehead atoms. The van der Waals surface area contributed by atoms with E-state index in [1.54, 1.807) is 6.92 Å². The Morgan fingerprint density at radius 3 is 2.65 bits per heavy atom. The Morgan fingerprint density at radius 1 is 1.17 bits per heavy atom. The maximum absolute atomic E-state index is 11.7. The zero-order valence-electron chi connectivity index (χ0n) is 13.4. The topological polar surface area (TPSA) is 66.8 Å². The van der Waals surface area contributed by atoms with Gasteiger partial charge in [0.15, 0.2) is 0 Å². The fourth-order valence-corrected chi connectivity index (χ4v) is 2.82. The number of carbonyl (C=O) groups excluding carboxylic acids is 1. The summed E-state index contributed by atoms with van der Waals surface area (Å²) < 4.78 is 4.88. The molecule has 2 aromatic carbocycles. The molecule has 0 spiro atoms. The average Bonchev–Trinajstić information content (AvgIpc) is 2.56. The lowest BCUT2D eigenvalue weighted by molar-refractivity contribution is -0.154. The van der Waals surface area contributed by atoms with Gasteiger partial charge in [-0.2, -0.15) is 0 Å². The van der Waals surface area contributed by atoms with E-state index >= 15 is 0 Å². The van der Waals surface area contributed by atoms with Crippen molar-refractivity contribution in [2.24, 2.45) is 5.92 Å². The maximum Gasteiger partial charge on any atom is 0.313 e. The van der Waals surface area contributed by atoms with Gasteiger partial charge in [-0.05, 0) is 42.5 Å². The van der Waals surface area contributed by atoms with Crippen LogP contribution in [-0.2, 0) is 16.0 Å². The quantitative estimate of drug-likeness (QED) is 0.735. The Morgan fingerprint density at radius 2 is 1.91 bits per heavy atom. The monoisotopic (exact) mass is 316 g/mol. The molecule has 0 aromatic heterocycles. The van der Waals surface area contributed by atoms with Gasteiger partial charge in [-0.3, -0.25) is 4.79 Å². The van der Waals surface area contributed by atoms with Crippen molar-refractivity contribution in [2.75, 3.05) is 13.2 Å². The van der Waals surface area contributed by atoms with Crippen molar-refractivity contribution in [3.05, 3.63) is 48.0 Å². The SMILES string of the molecule is CCOC(=O)[C@@H](CO)[C@@H](O)CCCc1cccc2ccccc12. The van der Waals surface area contributed by atoms with Crippen LogP contribution < -0.4 is 0 Å². The molecular weight excluding hydrogens is 292 g/mol. The molecule has 124 valence electrons. The van der Waals surface area contributed by atoms with Crippen LogP contribution in [0.3, 0.4) is 0 Å². The number of rotatable bonds is 8. The van der Waals surface area contributed by atoms with E-state index in [9.17, 15) is 15.0 Å². The molecule has 0 fully saturated rings. The van der Waals surface area contributed by atoms with E-state index in [0.717, 1.165) is 12.8 Å². The first-order valence-corrected chi connectivity index (χ1v) is 8.09. The van der Waals surface area contributed by atoms with Gasteiger partial charge in [0, 0.05) is 0 Å². The lowest BCUT2D eigenvalue weighted by atomic mass is 9.95. The van der Waals surface area contributed by atoms with Gasteiger partial charge in [0.1, 0.15) is 5.92 Å². The highest BCUT2D eigenvalue weighted by atomic mass is 16.5. The minimum absolute atomic E-state index is 0.248.